The number of amides is 2. The first-order valence-electron chi connectivity index (χ1n) is 8.61. The van der Waals surface area contributed by atoms with E-state index in [4.69, 9.17) is 9.47 Å². The number of aryl methyl sites for hydroxylation is 1. The molecular formula is C18H24N2O4. The highest BCUT2D eigenvalue weighted by Crippen LogP contribution is 2.28. The van der Waals surface area contributed by atoms with Gasteiger partial charge in [-0.1, -0.05) is 0 Å². The Balaban J connectivity index is 1.31. The van der Waals surface area contributed by atoms with E-state index in [0.717, 1.165) is 30.2 Å². The van der Waals surface area contributed by atoms with E-state index in [1.807, 2.05) is 12.1 Å². The Morgan fingerprint density at radius 1 is 1.29 bits per heavy atom. The summed E-state index contributed by atoms with van der Waals surface area (Å²) in [4.78, 5) is 23.1. The van der Waals surface area contributed by atoms with Gasteiger partial charge in [0.05, 0.1) is 0 Å². The molecule has 1 aliphatic heterocycles. The average Bonchev–Trinajstić information content (AvgIpc) is 3.40. The zero-order valence-electron chi connectivity index (χ0n) is 13.8. The summed E-state index contributed by atoms with van der Waals surface area (Å²) in [5, 5.41) is 5.65. The summed E-state index contributed by atoms with van der Waals surface area (Å²) in [6.45, 7) is 2.14. The molecule has 1 aromatic carbocycles. The topological polar surface area (TPSA) is 76.7 Å². The van der Waals surface area contributed by atoms with Crippen LogP contribution in [0.1, 0.15) is 31.2 Å². The van der Waals surface area contributed by atoms with Crippen molar-refractivity contribution in [2.75, 3.05) is 31.7 Å². The molecule has 1 heterocycles. The Morgan fingerprint density at radius 3 is 3.00 bits per heavy atom. The highest BCUT2D eigenvalue weighted by Gasteiger charge is 2.20. The van der Waals surface area contributed by atoms with E-state index >= 15 is 0 Å². The molecule has 0 saturated heterocycles. The minimum atomic E-state index is -0.136. The Labute approximate surface area is 141 Å². The molecule has 0 atom stereocenters. The van der Waals surface area contributed by atoms with Crippen molar-refractivity contribution in [1.29, 1.82) is 0 Å². The lowest BCUT2D eigenvalue weighted by Crippen LogP contribution is -2.30. The van der Waals surface area contributed by atoms with Crippen LogP contribution in [-0.4, -0.2) is 38.2 Å². The minimum absolute atomic E-state index is 0.00588. The number of hydrogen-bond donors (Lipinski definition) is 2. The summed E-state index contributed by atoms with van der Waals surface area (Å²) >= 11 is 0. The molecule has 2 aliphatic rings. The Morgan fingerprint density at radius 2 is 2.17 bits per heavy atom. The summed E-state index contributed by atoms with van der Waals surface area (Å²) in [5.41, 5.74) is 1.87. The third-order valence-electron chi connectivity index (χ3n) is 4.18. The molecule has 0 spiro atoms. The molecule has 0 radical (unpaired) electrons. The molecule has 0 aromatic heterocycles. The molecule has 1 aromatic rings. The molecular weight excluding hydrogens is 308 g/mol. The first-order valence-corrected chi connectivity index (χ1v) is 8.61. The fraction of sp³-hybridized carbons (Fsp3) is 0.556. The van der Waals surface area contributed by atoms with Gasteiger partial charge in [-0.15, -0.1) is 0 Å². The van der Waals surface area contributed by atoms with Gasteiger partial charge in [-0.25, -0.2) is 0 Å². The van der Waals surface area contributed by atoms with Gasteiger partial charge >= 0.3 is 0 Å². The molecule has 24 heavy (non-hydrogen) atoms. The van der Waals surface area contributed by atoms with Crippen LogP contribution in [0.2, 0.25) is 0 Å². The molecule has 3 rings (SSSR count). The molecule has 6 heteroatoms. The zero-order chi connectivity index (χ0) is 16.8. The standard InChI is InChI=1S/C18H24N2O4/c21-17-7-4-14-10-15(5-6-16(14)20-17)24-12-18(22)19-8-1-9-23-11-13-2-3-13/h5-6,10,13H,1-4,7-9,11-12H2,(H,19,22)(H,20,21). The number of ether oxygens (including phenoxy) is 2. The molecule has 130 valence electrons. The van der Waals surface area contributed by atoms with Crippen molar-refractivity contribution in [3.63, 3.8) is 0 Å². The Bertz CT molecular complexity index is 599. The summed E-state index contributed by atoms with van der Waals surface area (Å²) < 4.78 is 11.0. The van der Waals surface area contributed by atoms with Crippen molar-refractivity contribution in [3.05, 3.63) is 23.8 Å². The highest BCUT2D eigenvalue weighted by molar-refractivity contribution is 5.94. The summed E-state index contributed by atoms with van der Waals surface area (Å²) in [6.07, 6.45) is 4.59. The monoisotopic (exact) mass is 332 g/mol. The van der Waals surface area contributed by atoms with E-state index in [2.05, 4.69) is 10.6 Å². The number of nitrogens with one attached hydrogen (secondary N) is 2. The van der Waals surface area contributed by atoms with Crippen LogP contribution in [0, 0.1) is 5.92 Å². The van der Waals surface area contributed by atoms with E-state index in [1.54, 1.807) is 6.07 Å². The molecule has 2 N–H and O–H groups in total. The van der Waals surface area contributed by atoms with Crippen LogP contribution in [0.4, 0.5) is 5.69 Å². The molecule has 6 nitrogen and oxygen atoms in total. The predicted octanol–water partition coefficient (Wildman–Crippen LogP) is 1.88. The van der Waals surface area contributed by atoms with Gasteiger partial charge in [-0.3, -0.25) is 9.59 Å². The van der Waals surface area contributed by atoms with Gasteiger partial charge in [0.25, 0.3) is 5.91 Å². The number of benzene rings is 1. The maximum atomic E-state index is 11.8. The normalized spacial score (nSPS) is 16.2. The first-order chi connectivity index (χ1) is 11.7. The van der Waals surface area contributed by atoms with Crippen molar-refractivity contribution in [1.82, 2.24) is 5.32 Å². The van der Waals surface area contributed by atoms with E-state index < -0.39 is 0 Å². The maximum absolute atomic E-state index is 11.8. The maximum Gasteiger partial charge on any atom is 0.257 e. The predicted molar refractivity (Wildman–Crippen MR) is 90.1 cm³/mol. The third kappa shape index (κ3) is 5.23. The van der Waals surface area contributed by atoms with E-state index in [1.165, 1.54) is 12.8 Å². The van der Waals surface area contributed by atoms with Crippen LogP contribution in [0.25, 0.3) is 0 Å². The summed E-state index contributed by atoms with van der Waals surface area (Å²) in [6, 6.07) is 5.47. The van der Waals surface area contributed by atoms with Crippen LogP contribution in [-0.2, 0) is 20.7 Å². The second-order valence-electron chi connectivity index (χ2n) is 6.38. The van der Waals surface area contributed by atoms with Crippen LogP contribution >= 0.6 is 0 Å². The van der Waals surface area contributed by atoms with E-state index in [0.29, 0.717) is 31.7 Å². The lowest BCUT2D eigenvalue weighted by Gasteiger charge is -2.17. The van der Waals surface area contributed by atoms with Gasteiger partial charge in [0.1, 0.15) is 5.75 Å². The van der Waals surface area contributed by atoms with Crippen LogP contribution < -0.4 is 15.4 Å². The molecule has 1 saturated carbocycles. The van der Waals surface area contributed by atoms with Crippen molar-refractivity contribution >= 4 is 17.5 Å². The van der Waals surface area contributed by atoms with Crippen molar-refractivity contribution < 1.29 is 19.1 Å². The summed E-state index contributed by atoms with van der Waals surface area (Å²) in [7, 11) is 0. The lowest BCUT2D eigenvalue weighted by molar-refractivity contribution is -0.123. The van der Waals surface area contributed by atoms with E-state index in [-0.39, 0.29) is 18.4 Å². The van der Waals surface area contributed by atoms with Crippen molar-refractivity contribution in [2.24, 2.45) is 5.92 Å². The molecule has 2 amide bonds. The van der Waals surface area contributed by atoms with E-state index in [9.17, 15) is 9.59 Å². The molecule has 1 aliphatic carbocycles. The average molecular weight is 332 g/mol. The Kier molecular flexibility index (Phi) is 5.69. The van der Waals surface area contributed by atoms with Gasteiger partial charge in [0.15, 0.2) is 6.61 Å². The summed E-state index contributed by atoms with van der Waals surface area (Å²) in [5.74, 6) is 1.32. The Hall–Kier alpha value is -2.08. The quantitative estimate of drug-likeness (QED) is 0.677. The number of anilines is 1. The third-order valence-corrected chi connectivity index (χ3v) is 4.18. The van der Waals surface area contributed by atoms with Crippen molar-refractivity contribution in [3.8, 4) is 5.75 Å². The SMILES string of the molecule is O=C(COc1ccc2c(c1)CCC(=O)N2)NCCCOCC1CC1. The largest absolute Gasteiger partial charge is 0.484 e. The molecule has 0 unspecified atom stereocenters. The van der Waals surface area contributed by atoms with Gasteiger partial charge in [-0.05, 0) is 55.4 Å². The number of carbonyl (C=O) groups is 2. The lowest BCUT2D eigenvalue weighted by atomic mass is 10.0. The number of carbonyl (C=O) groups excluding carboxylic acids is 2. The fourth-order valence-electron chi connectivity index (χ4n) is 2.59. The number of hydrogen-bond acceptors (Lipinski definition) is 4. The van der Waals surface area contributed by atoms with Crippen LogP contribution in [0.15, 0.2) is 18.2 Å². The molecule has 1 fully saturated rings. The molecule has 0 bridgehead atoms. The van der Waals surface area contributed by atoms with Gasteiger partial charge < -0.3 is 20.1 Å². The minimum Gasteiger partial charge on any atom is -0.484 e. The van der Waals surface area contributed by atoms with Crippen LogP contribution in [0.5, 0.6) is 5.75 Å². The van der Waals surface area contributed by atoms with Crippen molar-refractivity contribution in [2.45, 2.75) is 32.1 Å². The van der Waals surface area contributed by atoms with Crippen LogP contribution in [0.3, 0.4) is 0 Å². The number of fused-ring (bicyclic) bond motifs is 1. The van der Waals surface area contributed by atoms with Gasteiger partial charge in [0, 0.05) is 31.9 Å². The fourth-order valence-corrected chi connectivity index (χ4v) is 2.59. The number of rotatable bonds is 9. The second-order valence-corrected chi connectivity index (χ2v) is 6.38. The van der Waals surface area contributed by atoms with Gasteiger partial charge in [-0.2, -0.15) is 0 Å². The zero-order valence-corrected chi connectivity index (χ0v) is 13.8. The second kappa shape index (κ2) is 8.15. The highest BCUT2D eigenvalue weighted by atomic mass is 16.5. The van der Waals surface area contributed by atoms with Gasteiger partial charge in [0.2, 0.25) is 5.91 Å². The first kappa shape index (κ1) is 16.8. The smallest absolute Gasteiger partial charge is 0.257 e.